The van der Waals surface area contributed by atoms with Crippen molar-refractivity contribution in [2.45, 2.75) is 56.4 Å². The Balaban J connectivity index is 1.17. The lowest BCUT2D eigenvalue weighted by Crippen LogP contribution is -2.66. The second kappa shape index (κ2) is 18.1. The number of ether oxygens (including phenoxy) is 2. The highest BCUT2D eigenvalue weighted by molar-refractivity contribution is 5.96. The predicted molar refractivity (Wildman–Crippen MR) is 218 cm³/mol. The van der Waals surface area contributed by atoms with E-state index in [0.717, 1.165) is 38.9 Å². The Kier molecular flexibility index (Phi) is 12.4. The number of carbonyl (C=O) groups excluding carboxylic acids is 4. The zero-order valence-electron chi connectivity index (χ0n) is 32.1. The van der Waals surface area contributed by atoms with Gasteiger partial charge in [-0.25, -0.2) is 4.79 Å². The molecule has 2 aliphatic rings. The molecule has 57 heavy (non-hydrogen) atoms. The molecule has 1 atom stereocenters. The van der Waals surface area contributed by atoms with Crippen molar-refractivity contribution in [3.63, 3.8) is 0 Å². The Morgan fingerprint density at radius 2 is 1.25 bits per heavy atom. The van der Waals surface area contributed by atoms with Crippen LogP contribution in [0, 0.1) is 0 Å². The third kappa shape index (κ3) is 9.08. The fourth-order valence-electron chi connectivity index (χ4n) is 8.11. The molecule has 1 aliphatic heterocycles. The Labute approximate surface area is 333 Å². The minimum atomic E-state index is -1.38. The average molecular weight is 765 g/mol. The highest BCUT2D eigenvalue weighted by atomic mass is 16.5. The summed E-state index contributed by atoms with van der Waals surface area (Å²) in [5.41, 5.74) is 5.82. The lowest BCUT2D eigenvalue weighted by atomic mass is 9.83. The molecule has 10 nitrogen and oxygen atoms in total. The van der Waals surface area contributed by atoms with E-state index >= 15 is 4.79 Å². The summed E-state index contributed by atoms with van der Waals surface area (Å²) in [6.45, 7) is 2.13. The van der Waals surface area contributed by atoms with Crippen molar-refractivity contribution in [2.24, 2.45) is 0 Å². The molecule has 5 aromatic rings. The van der Waals surface area contributed by atoms with Gasteiger partial charge in [0.15, 0.2) is 0 Å². The van der Waals surface area contributed by atoms with Crippen LogP contribution in [0.2, 0.25) is 0 Å². The molecular weight excluding hydrogens is 717 g/mol. The molecule has 1 aliphatic carbocycles. The van der Waals surface area contributed by atoms with Crippen LogP contribution in [0.25, 0.3) is 11.1 Å². The number of nitrogens with one attached hydrogen (secondary N) is 2. The summed E-state index contributed by atoms with van der Waals surface area (Å²) < 4.78 is 10.9. The summed E-state index contributed by atoms with van der Waals surface area (Å²) in [6.07, 6.45) is -0.643. The largest absolute Gasteiger partial charge is 0.469 e. The molecule has 1 fully saturated rings. The van der Waals surface area contributed by atoms with Crippen molar-refractivity contribution in [3.8, 4) is 11.1 Å². The fraction of sp³-hybridized carbons (Fsp3) is 0.277. The number of alkyl carbamates (subject to hydrolysis) is 1. The van der Waals surface area contributed by atoms with E-state index in [-0.39, 0.29) is 31.5 Å². The molecular formula is C47H48N4O6. The van der Waals surface area contributed by atoms with Gasteiger partial charge < -0.3 is 25.0 Å². The fourth-order valence-corrected chi connectivity index (χ4v) is 8.11. The molecule has 5 aromatic carbocycles. The van der Waals surface area contributed by atoms with Crippen LogP contribution in [0.1, 0.15) is 53.0 Å². The van der Waals surface area contributed by atoms with Crippen molar-refractivity contribution >= 4 is 23.9 Å². The first kappa shape index (κ1) is 39.0. The smallest absolute Gasteiger partial charge is 0.407 e. The maximum absolute atomic E-state index is 15.1. The predicted octanol–water partition coefficient (Wildman–Crippen LogP) is 6.84. The van der Waals surface area contributed by atoms with E-state index in [1.54, 1.807) is 4.90 Å². The van der Waals surface area contributed by atoms with Gasteiger partial charge in [0.2, 0.25) is 11.8 Å². The van der Waals surface area contributed by atoms with Crippen molar-refractivity contribution in [1.29, 1.82) is 0 Å². The SMILES string of the molecule is COC(=O)C[C@H](NC(=O)OCC1c2ccccc2-c2ccccc21)C(=O)N(Cc1ccccc1)C1(C(=O)NCc2ccccc2)CCN(Cc2ccccc2)CC1. The quantitative estimate of drug-likeness (QED) is 0.119. The Bertz CT molecular complexity index is 2110. The molecule has 0 radical (unpaired) electrons. The summed E-state index contributed by atoms with van der Waals surface area (Å²) in [4.78, 5) is 60.4. The van der Waals surface area contributed by atoms with Gasteiger partial charge in [0.1, 0.15) is 18.2 Å². The Morgan fingerprint density at radius 1 is 0.719 bits per heavy atom. The van der Waals surface area contributed by atoms with Crippen LogP contribution in [0.5, 0.6) is 0 Å². The number of amides is 3. The van der Waals surface area contributed by atoms with E-state index in [9.17, 15) is 14.4 Å². The number of rotatable bonds is 14. The lowest BCUT2D eigenvalue weighted by Gasteiger charge is -2.48. The first-order valence-electron chi connectivity index (χ1n) is 19.5. The van der Waals surface area contributed by atoms with Crippen molar-refractivity contribution < 1.29 is 28.7 Å². The zero-order valence-corrected chi connectivity index (χ0v) is 32.1. The van der Waals surface area contributed by atoms with Crippen LogP contribution < -0.4 is 10.6 Å². The van der Waals surface area contributed by atoms with Gasteiger partial charge in [-0.3, -0.25) is 19.3 Å². The van der Waals surface area contributed by atoms with Crippen LogP contribution in [0.4, 0.5) is 4.79 Å². The van der Waals surface area contributed by atoms with Gasteiger partial charge in [0, 0.05) is 38.6 Å². The number of benzene rings is 5. The van der Waals surface area contributed by atoms with E-state index in [4.69, 9.17) is 9.47 Å². The first-order valence-corrected chi connectivity index (χ1v) is 19.5. The Hall–Kier alpha value is -6.26. The zero-order chi connectivity index (χ0) is 39.6. The van der Waals surface area contributed by atoms with Gasteiger partial charge in [0.25, 0.3) is 0 Å². The van der Waals surface area contributed by atoms with Crippen LogP contribution in [0.15, 0.2) is 140 Å². The molecule has 1 heterocycles. The van der Waals surface area contributed by atoms with Gasteiger partial charge in [-0.05, 0) is 51.8 Å². The van der Waals surface area contributed by atoms with Gasteiger partial charge in [-0.1, -0.05) is 140 Å². The second-order valence-electron chi connectivity index (χ2n) is 14.7. The third-order valence-electron chi connectivity index (χ3n) is 11.1. The van der Waals surface area contributed by atoms with Gasteiger partial charge >= 0.3 is 12.1 Å². The first-order chi connectivity index (χ1) is 27.8. The Morgan fingerprint density at radius 3 is 1.82 bits per heavy atom. The highest BCUT2D eigenvalue weighted by Gasteiger charge is 2.50. The number of likely N-dealkylation sites (tertiary alicyclic amines) is 1. The van der Waals surface area contributed by atoms with Crippen LogP contribution in [-0.2, 0) is 43.5 Å². The number of hydrogen-bond acceptors (Lipinski definition) is 7. The molecule has 0 unspecified atom stereocenters. The lowest BCUT2D eigenvalue weighted by molar-refractivity contribution is -0.156. The number of methoxy groups -OCH3 is 1. The summed E-state index contributed by atoms with van der Waals surface area (Å²) in [7, 11) is 1.24. The van der Waals surface area contributed by atoms with E-state index < -0.39 is 36.0 Å². The third-order valence-corrected chi connectivity index (χ3v) is 11.1. The summed E-state index contributed by atoms with van der Waals surface area (Å²) >= 11 is 0. The van der Waals surface area contributed by atoms with E-state index in [2.05, 4.69) is 39.8 Å². The summed E-state index contributed by atoms with van der Waals surface area (Å²) in [5, 5.41) is 5.86. The van der Waals surface area contributed by atoms with E-state index in [1.165, 1.54) is 7.11 Å². The van der Waals surface area contributed by atoms with Crippen molar-refractivity contribution in [3.05, 3.63) is 167 Å². The summed E-state index contributed by atoms with van der Waals surface area (Å²) in [5.74, 6) is -1.77. The standard InChI is InChI=1S/C47H48N4O6/c1-56-43(52)29-42(49-46(55)57-33-41-39-23-13-11-21-37(39)38-22-12-14-24-40(38)41)44(53)51(32-36-19-9-4-10-20-36)47(45(54)48-30-34-15-5-2-6-16-34)25-27-50(28-26-47)31-35-17-7-3-8-18-35/h2-24,41-42H,25-33H2,1H3,(H,48,54)(H,49,55)/t42-/m0/s1. The van der Waals surface area contributed by atoms with Gasteiger partial charge in [0.05, 0.1) is 13.5 Å². The molecule has 292 valence electrons. The summed E-state index contributed by atoms with van der Waals surface area (Å²) in [6, 6.07) is 43.9. The number of carbonyl (C=O) groups is 4. The van der Waals surface area contributed by atoms with Crippen molar-refractivity contribution in [2.75, 3.05) is 26.8 Å². The van der Waals surface area contributed by atoms with E-state index in [1.807, 2.05) is 115 Å². The molecule has 0 spiro atoms. The minimum absolute atomic E-state index is 0.0236. The monoisotopic (exact) mass is 764 g/mol. The number of nitrogens with zero attached hydrogens (tertiary/aromatic N) is 2. The van der Waals surface area contributed by atoms with Crippen LogP contribution in [-0.4, -0.2) is 72.1 Å². The molecule has 10 heteroatoms. The maximum Gasteiger partial charge on any atom is 0.407 e. The van der Waals surface area contributed by atoms with Gasteiger partial charge in [-0.15, -0.1) is 0 Å². The molecule has 0 aromatic heterocycles. The average Bonchev–Trinajstić information content (AvgIpc) is 3.58. The molecule has 0 saturated carbocycles. The maximum atomic E-state index is 15.1. The second-order valence-corrected chi connectivity index (χ2v) is 14.7. The number of fused-ring (bicyclic) bond motifs is 3. The van der Waals surface area contributed by atoms with Crippen LogP contribution >= 0.6 is 0 Å². The van der Waals surface area contributed by atoms with E-state index in [0.29, 0.717) is 32.5 Å². The molecule has 1 saturated heterocycles. The topological polar surface area (TPSA) is 117 Å². The molecule has 3 amide bonds. The van der Waals surface area contributed by atoms with Crippen molar-refractivity contribution in [1.82, 2.24) is 20.4 Å². The normalized spacial score (nSPS) is 15.0. The minimum Gasteiger partial charge on any atom is -0.469 e. The molecule has 7 rings (SSSR count). The van der Waals surface area contributed by atoms with Gasteiger partial charge in [-0.2, -0.15) is 0 Å². The molecule has 2 N–H and O–H groups in total. The number of hydrogen-bond donors (Lipinski definition) is 2. The highest BCUT2D eigenvalue weighted by Crippen LogP contribution is 2.44. The number of piperidine rings is 1. The number of esters is 1. The van der Waals surface area contributed by atoms with Crippen LogP contribution in [0.3, 0.4) is 0 Å². The molecule has 0 bridgehead atoms.